The van der Waals surface area contributed by atoms with E-state index in [0.29, 0.717) is 11.4 Å². The fourth-order valence-electron chi connectivity index (χ4n) is 2.96. The van der Waals surface area contributed by atoms with E-state index in [4.69, 9.17) is 0 Å². The lowest BCUT2D eigenvalue weighted by molar-refractivity contribution is 0.477. The van der Waals surface area contributed by atoms with Gasteiger partial charge in [0, 0.05) is 11.4 Å². The van der Waals surface area contributed by atoms with Gasteiger partial charge in [0.15, 0.2) is 0 Å². The number of rotatable bonds is 5. The maximum atomic E-state index is 9.87. The quantitative estimate of drug-likeness (QED) is 0.314. The Morgan fingerprint density at radius 1 is 0.429 bits per heavy atom. The molecule has 0 aliphatic rings. The summed E-state index contributed by atoms with van der Waals surface area (Å²) >= 11 is 0. The van der Waals surface area contributed by atoms with Crippen LogP contribution in [-0.4, -0.2) is 10.2 Å². The molecule has 4 aromatic carbocycles. The second-order valence-electron chi connectivity index (χ2n) is 6.44. The van der Waals surface area contributed by atoms with E-state index >= 15 is 0 Å². The van der Waals surface area contributed by atoms with Gasteiger partial charge in [0.05, 0.1) is 11.4 Å². The first-order chi connectivity index (χ1) is 13.7. The van der Waals surface area contributed by atoms with Crippen molar-refractivity contribution in [1.29, 1.82) is 0 Å². The van der Waals surface area contributed by atoms with E-state index in [0.717, 1.165) is 22.5 Å². The molecule has 0 aromatic heterocycles. The summed E-state index contributed by atoms with van der Waals surface area (Å²) in [4.78, 5) is 0. The zero-order valence-corrected chi connectivity index (χ0v) is 15.1. The van der Waals surface area contributed by atoms with Gasteiger partial charge in [-0.3, -0.25) is 0 Å². The van der Waals surface area contributed by atoms with Gasteiger partial charge < -0.3 is 20.8 Å². The van der Waals surface area contributed by atoms with Crippen LogP contribution in [0.5, 0.6) is 11.5 Å². The Balaban J connectivity index is 1.47. The van der Waals surface area contributed by atoms with Crippen LogP contribution in [0.3, 0.4) is 0 Å². The van der Waals surface area contributed by atoms with Crippen molar-refractivity contribution in [2.45, 2.75) is 0 Å². The molecule has 0 fully saturated rings. The van der Waals surface area contributed by atoms with Crippen LogP contribution >= 0.6 is 0 Å². The molecule has 4 N–H and O–H groups in total. The first-order valence-corrected chi connectivity index (χ1v) is 8.99. The van der Waals surface area contributed by atoms with E-state index in [1.54, 1.807) is 24.3 Å². The number of aromatic hydroxyl groups is 2. The minimum absolute atomic E-state index is 0.221. The highest BCUT2D eigenvalue weighted by molar-refractivity contribution is 5.73. The molecule has 0 bridgehead atoms. The smallest absolute Gasteiger partial charge is 0.139 e. The summed E-state index contributed by atoms with van der Waals surface area (Å²) in [6.45, 7) is 0. The van der Waals surface area contributed by atoms with Crippen molar-refractivity contribution in [2.75, 3.05) is 10.6 Å². The van der Waals surface area contributed by atoms with Crippen LogP contribution in [-0.2, 0) is 0 Å². The Labute approximate surface area is 163 Å². The zero-order chi connectivity index (χ0) is 19.3. The summed E-state index contributed by atoms with van der Waals surface area (Å²) in [6, 6.07) is 30.4. The van der Waals surface area contributed by atoms with Crippen molar-refractivity contribution in [2.24, 2.45) is 0 Å². The fourth-order valence-corrected chi connectivity index (χ4v) is 2.96. The summed E-state index contributed by atoms with van der Waals surface area (Å²) < 4.78 is 0. The Kier molecular flexibility index (Phi) is 4.85. The SMILES string of the molecule is Oc1ccccc1Nc1ccc(-c2ccc(Nc3ccccc3O)cc2)cc1. The van der Waals surface area contributed by atoms with Gasteiger partial charge in [0.2, 0.25) is 0 Å². The molecular formula is C24H20N2O2. The third-order valence-electron chi connectivity index (χ3n) is 4.47. The van der Waals surface area contributed by atoms with Crippen molar-refractivity contribution in [3.05, 3.63) is 97.1 Å². The third kappa shape index (κ3) is 3.91. The van der Waals surface area contributed by atoms with Gasteiger partial charge in [-0.1, -0.05) is 48.5 Å². The van der Waals surface area contributed by atoms with Gasteiger partial charge in [-0.25, -0.2) is 0 Å². The molecule has 0 saturated carbocycles. The van der Waals surface area contributed by atoms with Crippen LogP contribution in [0.1, 0.15) is 0 Å². The van der Waals surface area contributed by atoms with Crippen molar-refractivity contribution in [1.82, 2.24) is 0 Å². The second kappa shape index (κ2) is 7.76. The summed E-state index contributed by atoms with van der Waals surface area (Å²) in [6.07, 6.45) is 0. The van der Waals surface area contributed by atoms with Crippen molar-refractivity contribution in [3.63, 3.8) is 0 Å². The highest BCUT2D eigenvalue weighted by Gasteiger charge is 2.03. The lowest BCUT2D eigenvalue weighted by atomic mass is 10.0. The van der Waals surface area contributed by atoms with E-state index in [2.05, 4.69) is 10.6 Å². The highest BCUT2D eigenvalue weighted by Crippen LogP contribution is 2.30. The topological polar surface area (TPSA) is 64.5 Å². The van der Waals surface area contributed by atoms with Crippen LogP contribution in [0.2, 0.25) is 0 Å². The predicted octanol–water partition coefficient (Wildman–Crippen LogP) is 6.25. The monoisotopic (exact) mass is 368 g/mol. The largest absolute Gasteiger partial charge is 0.506 e. The van der Waals surface area contributed by atoms with Crippen molar-refractivity contribution >= 4 is 22.7 Å². The maximum Gasteiger partial charge on any atom is 0.139 e. The van der Waals surface area contributed by atoms with Crippen molar-refractivity contribution in [3.8, 4) is 22.6 Å². The number of phenols is 2. The average molecular weight is 368 g/mol. The van der Waals surface area contributed by atoms with E-state index in [1.807, 2.05) is 72.8 Å². The van der Waals surface area contributed by atoms with Crippen molar-refractivity contribution < 1.29 is 10.2 Å². The van der Waals surface area contributed by atoms with E-state index in [9.17, 15) is 10.2 Å². The molecule has 4 heteroatoms. The standard InChI is InChI=1S/C24H20N2O2/c27-23-7-3-1-5-21(23)25-19-13-9-17(10-14-19)18-11-15-20(16-12-18)26-22-6-2-4-8-24(22)28/h1-16,25-28H. The Morgan fingerprint density at radius 2 is 0.786 bits per heavy atom. The second-order valence-corrected chi connectivity index (χ2v) is 6.44. The molecule has 4 rings (SSSR count). The molecule has 0 amide bonds. The zero-order valence-electron chi connectivity index (χ0n) is 15.1. The number of hydrogen-bond donors (Lipinski definition) is 4. The average Bonchev–Trinajstić information content (AvgIpc) is 2.73. The van der Waals surface area contributed by atoms with Crippen LogP contribution in [0.25, 0.3) is 11.1 Å². The van der Waals surface area contributed by atoms with E-state index < -0.39 is 0 Å². The number of para-hydroxylation sites is 4. The highest BCUT2D eigenvalue weighted by atomic mass is 16.3. The minimum Gasteiger partial charge on any atom is -0.506 e. The van der Waals surface area contributed by atoms with Crippen LogP contribution in [0, 0.1) is 0 Å². The van der Waals surface area contributed by atoms with E-state index in [1.165, 1.54) is 0 Å². The Morgan fingerprint density at radius 3 is 1.14 bits per heavy atom. The Bertz CT molecular complexity index is 985. The van der Waals surface area contributed by atoms with Gasteiger partial charge in [0.1, 0.15) is 11.5 Å². The van der Waals surface area contributed by atoms with Gasteiger partial charge in [0.25, 0.3) is 0 Å². The molecule has 0 aliphatic carbocycles. The molecule has 4 aromatic rings. The number of nitrogens with one attached hydrogen (secondary N) is 2. The Hall–Kier alpha value is -3.92. The number of anilines is 4. The lowest BCUT2D eigenvalue weighted by Gasteiger charge is -2.11. The van der Waals surface area contributed by atoms with Crippen LogP contribution in [0.15, 0.2) is 97.1 Å². The van der Waals surface area contributed by atoms with E-state index in [-0.39, 0.29) is 11.5 Å². The predicted molar refractivity (Wildman–Crippen MR) is 115 cm³/mol. The minimum atomic E-state index is 0.221. The lowest BCUT2D eigenvalue weighted by Crippen LogP contribution is -1.91. The fraction of sp³-hybridized carbons (Fsp3) is 0. The molecule has 0 aliphatic heterocycles. The van der Waals surface area contributed by atoms with Crippen LogP contribution < -0.4 is 10.6 Å². The molecular weight excluding hydrogens is 348 g/mol. The molecule has 28 heavy (non-hydrogen) atoms. The summed E-state index contributed by atoms with van der Waals surface area (Å²) in [5, 5.41) is 26.2. The molecule has 0 unspecified atom stereocenters. The maximum absolute atomic E-state index is 9.87. The molecule has 0 spiro atoms. The molecule has 0 saturated heterocycles. The summed E-state index contributed by atoms with van der Waals surface area (Å²) in [5.74, 6) is 0.443. The summed E-state index contributed by atoms with van der Waals surface area (Å²) in [7, 11) is 0. The molecule has 0 heterocycles. The third-order valence-corrected chi connectivity index (χ3v) is 4.47. The molecule has 0 radical (unpaired) electrons. The summed E-state index contributed by atoms with van der Waals surface area (Å²) in [5.41, 5.74) is 5.35. The molecule has 138 valence electrons. The van der Waals surface area contributed by atoms with Gasteiger partial charge in [-0.15, -0.1) is 0 Å². The number of hydrogen-bond acceptors (Lipinski definition) is 4. The van der Waals surface area contributed by atoms with Gasteiger partial charge in [-0.2, -0.15) is 0 Å². The van der Waals surface area contributed by atoms with Crippen LogP contribution in [0.4, 0.5) is 22.7 Å². The first kappa shape index (κ1) is 17.5. The first-order valence-electron chi connectivity index (χ1n) is 8.99. The number of phenolic OH excluding ortho intramolecular Hbond substituents is 2. The van der Waals surface area contributed by atoms with Gasteiger partial charge in [-0.05, 0) is 59.7 Å². The normalized spacial score (nSPS) is 10.4. The number of benzene rings is 4. The molecule has 0 atom stereocenters. The van der Waals surface area contributed by atoms with Gasteiger partial charge >= 0.3 is 0 Å². The molecule has 4 nitrogen and oxygen atoms in total.